The lowest BCUT2D eigenvalue weighted by molar-refractivity contribution is -0.116. The van der Waals surface area contributed by atoms with Gasteiger partial charge in [-0.25, -0.2) is 9.78 Å². The number of aryl methyl sites for hydroxylation is 2. The predicted octanol–water partition coefficient (Wildman–Crippen LogP) is 1.01. The molecule has 3 heterocycles. The zero-order valence-electron chi connectivity index (χ0n) is 15.8. The number of anilines is 1. The Hall–Kier alpha value is -3.21. The number of ether oxygens (including phenoxy) is 2. The quantitative estimate of drug-likeness (QED) is 0.528. The fourth-order valence-corrected chi connectivity index (χ4v) is 3.61. The number of thioether (sulfide) groups is 1. The van der Waals surface area contributed by atoms with Gasteiger partial charge in [-0.3, -0.25) is 19.1 Å². The van der Waals surface area contributed by atoms with Crippen molar-refractivity contribution >= 4 is 34.5 Å². The molecule has 3 N–H and O–H groups in total. The number of fused-ring (bicyclic) bond motifs is 2. The molecule has 0 unspecified atom stereocenters. The van der Waals surface area contributed by atoms with Crippen LogP contribution in [0.15, 0.2) is 26.6 Å². The molecule has 0 fully saturated rings. The molecule has 10 nitrogen and oxygen atoms in total. The molecule has 0 bridgehead atoms. The smallest absolute Gasteiger partial charge is 0.329 e. The molecule has 0 radical (unpaired) electrons. The summed E-state index contributed by atoms with van der Waals surface area (Å²) in [6, 6.07) is 3.61. The van der Waals surface area contributed by atoms with Crippen LogP contribution in [0, 0.1) is 0 Å². The average molecular weight is 417 g/mol. The number of carbonyl (C=O) groups is 1. The minimum absolute atomic E-state index is 0.147. The molecule has 0 spiro atoms. The van der Waals surface area contributed by atoms with E-state index >= 15 is 0 Å². The van der Waals surface area contributed by atoms with Crippen LogP contribution >= 0.6 is 11.8 Å². The summed E-state index contributed by atoms with van der Waals surface area (Å²) in [4.78, 5) is 46.2. The van der Waals surface area contributed by atoms with Crippen LogP contribution in [0.3, 0.4) is 0 Å². The Bertz CT molecular complexity index is 1210. The number of H-pyrrole nitrogens is 2. The fourth-order valence-electron chi connectivity index (χ4n) is 3.05. The van der Waals surface area contributed by atoms with Gasteiger partial charge in [-0.2, -0.15) is 0 Å². The first-order valence-electron chi connectivity index (χ1n) is 8.91. The van der Waals surface area contributed by atoms with Crippen LogP contribution in [0.2, 0.25) is 0 Å². The highest BCUT2D eigenvalue weighted by atomic mass is 32.2. The van der Waals surface area contributed by atoms with E-state index in [1.807, 2.05) is 12.3 Å². The molecule has 29 heavy (non-hydrogen) atoms. The topological polar surface area (TPSA) is 131 Å². The highest BCUT2D eigenvalue weighted by Crippen LogP contribution is 2.39. The van der Waals surface area contributed by atoms with Crippen molar-refractivity contribution in [2.24, 2.45) is 7.05 Å². The van der Waals surface area contributed by atoms with E-state index in [1.165, 1.54) is 23.4 Å². The Morgan fingerprint density at radius 1 is 1.24 bits per heavy atom. The number of hydrogen-bond acceptors (Lipinski definition) is 7. The van der Waals surface area contributed by atoms with E-state index in [2.05, 4.69) is 20.3 Å². The number of aromatic nitrogens is 4. The molecule has 0 saturated heterocycles. The van der Waals surface area contributed by atoms with Gasteiger partial charge in [0.2, 0.25) is 5.91 Å². The van der Waals surface area contributed by atoms with Gasteiger partial charge in [0, 0.05) is 30.9 Å². The molecule has 2 aromatic heterocycles. The third kappa shape index (κ3) is 3.73. The Balaban J connectivity index is 1.49. The van der Waals surface area contributed by atoms with Crippen LogP contribution in [-0.4, -0.2) is 44.9 Å². The monoisotopic (exact) mass is 417 g/mol. The van der Waals surface area contributed by atoms with E-state index in [-0.39, 0.29) is 29.9 Å². The van der Waals surface area contributed by atoms with Gasteiger partial charge in [0.25, 0.3) is 5.56 Å². The molecule has 1 aliphatic rings. The van der Waals surface area contributed by atoms with Crippen LogP contribution < -0.4 is 26.0 Å². The summed E-state index contributed by atoms with van der Waals surface area (Å²) in [5, 5.41) is 2.89. The van der Waals surface area contributed by atoms with Gasteiger partial charge >= 0.3 is 5.69 Å². The second-order valence-corrected chi connectivity index (χ2v) is 7.29. The standard InChI is InChI=1S/C18H19N5O5S/c1-23-16-15(17(25)22-18(23)26)20-13(21-16)3-4-14(24)19-9-7-10-11(8-12(9)29-2)28-6-5-27-10/h7-8H,3-6H2,1-2H3,(H,19,24)(H,20,21)(H,22,25,26). The summed E-state index contributed by atoms with van der Waals surface area (Å²) in [6.07, 6.45) is 2.35. The van der Waals surface area contributed by atoms with Crippen molar-refractivity contribution < 1.29 is 14.3 Å². The van der Waals surface area contributed by atoms with Crippen LogP contribution in [-0.2, 0) is 18.3 Å². The molecular weight excluding hydrogens is 398 g/mol. The number of hydrogen-bond donors (Lipinski definition) is 3. The van der Waals surface area contributed by atoms with Crippen LogP contribution in [0.25, 0.3) is 11.2 Å². The molecule has 1 aromatic carbocycles. The number of amides is 1. The highest BCUT2D eigenvalue weighted by Gasteiger charge is 2.17. The maximum Gasteiger partial charge on any atom is 0.329 e. The number of imidazole rings is 1. The summed E-state index contributed by atoms with van der Waals surface area (Å²) in [5.41, 5.74) is 0.0357. The van der Waals surface area contributed by atoms with Crippen molar-refractivity contribution in [1.29, 1.82) is 0 Å². The second kappa shape index (κ2) is 7.66. The highest BCUT2D eigenvalue weighted by molar-refractivity contribution is 7.98. The minimum atomic E-state index is -0.540. The van der Waals surface area contributed by atoms with E-state index in [1.54, 1.807) is 6.07 Å². The van der Waals surface area contributed by atoms with Crippen molar-refractivity contribution in [2.75, 3.05) is 24.8 Å². The first-order valence-corrected chi connectivity index (χ1v) is 10.1. The third-order valence-corrected chi connectivity index (χ3v) is 5.31. The second-order valence-electron chi connectivity index (χ2n) is 6.44. The number of nitrogens with zero attached hydrogens (tertiary/aromatic N) is 2. The van der Waals surface area contributed by atoms with Crippen molar-refractivity contribution in [2.45, 2.75) is 17.7 Å². The van der Waals surface area contributed by atoms with Crippen molar-refractivity contribution in [3.05, 3.63) is 38.8 Å². The lowest BCUT2D eigenvalue weighted by Gasteiger charge is -2.21. The van der Waals surface area contributed by atoms with E-state index < -0.39 is 11.2 Å². The lowest BCUT2D eigenvalue weighted by atomic mass is 10.2. The Morgan fingerprint density at radius 2 is 1.97 bits per heavy atom. The molecular formula is C18H19N5O5S. The number of rotatable bonds is 5. The SMILES string of the molecule is CSc1cc2c(cc1NC(=O)CCc1nc3c([nH]1)c(=O)[nH]c(=O)n3C)OCCO2. The van der Waals surface area contributed by atoms with Crippen LogP contribution in [0.5, 0.6) is 11.5 Å². The van der Waals surface area contributed by atoms with Gasteiger partial charge in [-0.1, -0.05) is 0 Å². The van der Waals surface area contributed by atoms with Gasteiger partial charge in [0.1, 0.15) is 24.6 Å². The largest absolute Gasteiger partial charge is 0.486 e. The number of aromatic amines is 2. The Kier molecular flexibility index (Phi) is 5.05. The summed E-state index contributed by atoms with van der Waals surface area (Å²) >= 11 is 1.49. The van der Waals surface area contributed by atoms with Gasteiger partial charge in [-0.15, -0.1) is 11.8 Å². The van der Waals surface area contributed by atoms with E-state index in [0.717, 1.165) is 4.90 Å². The van der Waals surface area contributed by atoms with Crippen LogP contribution in [0.4, 0.5) is 5.69 Å². The van der Waals surface area contributed by atoms with Crippen molar-refractivity contribution in [1.82, 2.24) is 19.5 Å². The molecule has 1 amide bonds. The zero-order chi connectivity index (χ0) is 20.5. The molecule has 4 rings (SSSR count). The summed E-state index contributed by atoms with van der Waals surface area (Å²) < 4.78 is 12.4. The molecule has 0 atom stereocenters. The zero-order valence-corrected chi connectivity index (χ0v) is 16.6. The van der Waals surface area contributed by atoms with Crippen LogP contribution in [0.1, 0.15) is 12.2 Å². The molecule has 0 saturated carbocycles. The number of benzene rings is 1. The summed E-state index contributed by atoms with van der Waals surface area (Å²) in [5.74, 6) is 1.51. The summed E-state index contributed by atoms with van der Waals surface area (Å²) in [6.45, 7) is 0.963. The van der Waals surface area contributed by atoms with Gasteiger partial charge in [0.15, 0.2) is 17.1 Å². The van der Waals surface area contributed by atoms with E-state index in [9.17, 15) is 14.4 Å². The maximum atomic E-state index is 12.5. The fraction of sp³-hybridized carbons (Fsp3) is 0.333. The van der Waals surface area contributed by atoms with E-state index in [4.69, 9.17) is 9.47 Å². The lowest BCUT2D eigenvalue weighted by Crippen LogP contribution is -2.28. The molecule has 0 aliphatic carbocycles. The number of carbonyl (C=O) groups excluding carboxylic acids is 1. The average Bonchev–Trinajstić information content (AvgIpc) is 3.15. The van der Waals surface area contributed by atoms with Crippen molar-refractivity contribution in [3.8, 4) is 11.5 Å². The van der Waals surface area contributed by atoms with Gasteiger partial charge in [-0.05, 0) is 12.3 Å². The first kappa shape index (κ1) is 19.1. The third-order valence-electron chi connectivity index (χ3n) is 4.53. The normalized spacial score (nSPS) is 12.9. The Labute approximate surface area is 168 Å². The number of nitrogens with one attached hydrogen (secondary N) is 3. The van der Waals surface area contributed by atoms with E-state index in [0.29, 0.717) is 36.2 Å². The molecule has 1 aliphatic heterocycles. The van der Waals surface area contributed by atoms with Crippen molar-refractivity contribution in [3.63, 3.8) is 0 Å². The maximum absolute atomic E-state index is 12.5. The minimum Gasteiger partial charge on any atom is -0.486 e. The Morgan fingerprint density at radius 3 is 2.69 bits per heavy atom. The first-order chi connectivity index (χ1) is 14.0. The molecule has 11 heteroatoms. The van der Waals surface area contributed by atoms with Gasteiger partial charge in [0.05, 0.1) is 5.69 Å². The summed E-state index contributed by atoms with van der Waals surface area (Å²) in [7, 11) is 1.52. The molecule has 3 aromatic rings. The molecule has 152 valence electrons. The predicted molar refractivity (Wildman–Crippen MR) is 108 cm³/mol. The van der Waals surface area contributed by atoms with Gasteiger partial charge < -0.3 is 19.8 Å².